The lowest BCUT2D eigenvalue weighted by Gasteiger charge is -2.39. The average molecular weight is 218 g/mol. The number of nitrogens with zero attached hydrogens (tertiary/aromatic N) is 2. The SMILES string of the molecule is C=CC(=O)N1CCN(C)C(CC(F)F)C1. The van der Waals surface area contributed by atoms with Crippen molar-refractivity contribution >= 4 is 5.91 Å². The van der Waals surface area contributed by atoms with Crippen LogP contribution >= 0.6 is 0 Å². The molecule has 3 nitrogen and oxygen atoms in total. The highest BCUT2D eigenvalue weighted by atomic mass is 19.3. The van der Waals surface area contributed by atoms with Gasteiger partial charge in [-0.1, -0.05) is 6.58 Å². The van der Waals surface area contributed by atoms with Crippen LogP contribution in [-0.4, -0.2) is 54.9 Å². The number of likely N-dealkylation sites (N-methyl/N-ethyl adjacent to an activating group) is 1. The summed E-state index contributed by atoms with van der Waals surface area (Å²) >= 11 is 0. The zero-order valence-electron chi connectivity index (χ0n) is 8.83. The molecule has 1 saturated heterocycles. The van der Waals surface area contributed by atoms with Crippen molar-refractivity contribution in [3.05, 3.63) is 12.7 Å². The van der Waals surface area contributed by atoms with E-state index in [4.69, 9.17) is 0 Å². The Kier molecular flexibility index (Phi) is 4.20. The van der Waals surface area contributed by atoms with Crippen molar-refractivity contribution in [2.45, 2.75) is 18.9 Å². The second-order valence-electron chi connectivity index (χ2n) is 3.75. The van der Waals surface area contributed by atoms with Gasteiger partial charge in [-0.2, -0.15) is 0 Å². The van der Waals surface area contributed by atoms with Gasteiger partial charge < -0.3 is 4.90 Å². The van der Waals surface area contributed by atoms with Gasteiger partial charge in [-0.25, -0.2) is 8.78 Å². The Labute approximate surface area is 88.3 Å². The molecule has 86 valence electrons. The van der Waals surface area contributed by atoms with Crippen LogP contribution in [0.15, 0.2) is 12.7 Å². The Morgan fingerprint density at radius 3 is 2.80 bits per heavy atom. The molecule has 1 rings (SSSR count). The Hall–Kier alpha value is -0.970. The van der Waals surface area contributed by atoms with Gasteiger partial charge in [0.2, 0.25) is 12.3 Å². The van der Waals surface area contributed by atoms with E-state index in [9.17, 15) is 13.6 Å². The molecule has 0 aromatic carbocycles. The third-order valence-electron chi connectivity index (χ3n) is 2.71. The maximum Gasteiger partial charge on any atom is 0.246 e. The fraction of sp³-hybridized carbons (Fsp3) is 0.700. The molecule has 1 amide bonds. The number of hydrogen-bond acceptors (Lipinski definition) is 2. The molecule has 0 aliphatic carbocycles. The van der Waals surface area contributed by atoms with Gasteiger partial charge in [0, 0.05) is 32.1 Å². The second kappa shape index (κ2) is 5.21. The summed E-state index contributed by atoms with van der Waals surface area (Å²) in [5, 5.41) is 0. The average Bonchev–Trinajstić information content (AvgIpc) is 2.19. The molecule has 0 N–H and O–H groups in total. The molecule has 1 fully saturated rings. The minimum absolute atomic E-state index is 0.178. The smallest absolute Gasteiger partial charge is 0.246 e. The molecule has 1 atom stereocenters. The molecule has 1 aliphatic rings. The summed E-state index contributed by atoms with van der Waals surface area (Å²) < 4.78 is 24.5. The summed E-state index contributed by atoms with van der Waals surface area (Å²) in [5.74, 6) is -0.178. The van der Waals surface area contributed by atoms with E-state index in [0.29, 0.717) is 19.6 Å². The van der Waals surface area contributed by atoms with Crippen LogP contribution in [0.1, 0.15) is 6.42 Å². The predicted molar refractivity (Wildman–Crippen MR) is 53.8 cm³/mol. The van der Waals surface area contributed by atoms with E-state index in [1.54, 1.807) is 4.90 Å². The number of rotatable bonds is 3. The maximum atomic E-state index is 12.3. The number of halogens is 2. The van der Waals surface area contributed by atoms with Crippen LogP contribution in [0.4, 0.5) is 8.78 Å². The van der Waals surface area contributed by atoms with Crippen molar-refractivity contribution in [1.29, 1.82) is 0 Å². The van der Waals surface area contributed by atoms with Gasteiger partial charge in [0.1, 0.15) is 0 Å². The highest BCUT2D eigenvalue weighted by molar-refractivity contribution is 5.87. The largest absolute Gasteiger partial charge is 0.336 e. The zero-order valence-corrected chi connectivity index (χ0v) is 8.83. The molecular formula is C10H16F2N2O. The summed E-state index contributed by atoms with van der Waals surface area (Å²) in [6.45, 7) is 4.97. The molecule has 0 spiro atoms. The van der Waals surface area contributed by atoms with Crippen LogP contribution < -0.4 is 0 Å². The number of carbonyl (C=O) groups is 1. The molecule has 0 bridgehead atoms. The summed E-state index contributed by atoms with van der Waals surface area (Å²) in [6.07, 6.45) is -1.28. The number of carbonyl (C=O) groups excluding carboxylic acids is 1. The van der Waals surface area contributed by atoms with Gasteiger partial charge >= 0.3 is 0 Å². The van der Waals surface area contributed by atoms with Crippen molar-refractivity contribution in [2.24, 2.45) is 0 Å². The van der Waals surface area contributed by atoms with Crippen molar-refractivity contribution in [3.8, 4) is 0 Å². The fourth-order valence-electron chi connectivity index (χ4n) is 1.74. The molecule has 0 saturated carbocycles. The maximum absolute atomic E-state index is 12.3. The number of piperazine rings is 1. The van der Waals surface area contributed by atoms with Crippen LogP contribution in [0, 0.1) is 0 Å². The third kappa shape index (κ3) is 3.27. The first-order valence-electron chi connectivity index (χ1n) is 4.94. The number of hydrogen-bond donors (Lipinski definition) is 0. The van der Waals surface area contributed by atoms with Crippen molar-refractivity contribution in [1.82, 2.24) is 9.80 Å². The molecule has 1 aliphatic heterocycles. The fourth-order valence-corrected chi connectivity index (χ4v) is 1.74. The summed E-state index contributed by atoms with van der Waals surface area (Å²) in [6, 6.07) is -0.248. The lowest BCUT2D eigenvalue weighted by atomic mass is 10.1. The lowest BCUT2D eigenvalue weighted by Crippen LogP contribution is -2.53. The molecule has 1 heterocycles. The van der Waals surface area contributed by atoms with Crippen molar-refractivity contribution in [2.75, 3.05) is 26.7 Å². The molecular weight excluding hydrogens is 202 g/mol. The van der Waals surface area contributed by atoms with E-state index in [1.165, 1.54) is 6.08 Å². The van der Waals surface area contributed by atoms with E-state index < -0.39 is 6.43 Å². The van der Waals surface area contributed by atoms with Gasteiger partial charge in [-0.15, -0.1) is 0 Å². The molecule has 5 heteroatoms. The summed E-state index contributed by atoms with van der Waals surface area (Å²) in [4.78, 5) is 14.8. The molecule has 0 aromatic rings. The van der Waals surface area contributed by atoms with Gasteiger partial charge in [0.25, 0.3) is 0 Å². The van der Waals surface area contributed by atoms with Gasteiger partial charge in [0.15, 0.2) is 0 Å². The van der Waals surface area contributed by atoms with E-state index in [2.05, 4.69) is 6.58 Å². The minimum atomic E-state index is -2.32. The first-order chi connectivity index (χ1) is 7.04. The van der Waals surface area contributed by atoms with Gasteiger partial charge in [-0.05, 0) is 13.1 Å². The van der Waals surface area contributed by atoms with E-state index in [-0.39, 0.29) is 18.4 Å². The number of amides is 1. The summed E-state index contributed by atoms with van der Waals surface area (Å²) in [7, 11) is 1.81. The zero-order chi connectivity index (χ0) is 11.4. The standard InChI is InChI=1S/C10H16F2N2O/c1-3-10(15)14-5-4-13(2)8(7-14)6-9(11)12/h3,8-9H,1,4-7H2,2H3. The molecule has 1 unspecified atom stereocenters. The highest BCUT2D eigenvalue weighted by Gasteiger charge is 2.28. The molecule has 0 radical (unpaired) electrons. The van der Waals surface area contributed by atoms with E-state index in [0.717, 1.165) is 0 Å². The second-order valence-corrected chi connectivity index (χ2v) is 3.75. The predicted octanol–water partition coefficient (Wildman–Crippen LogP) is 0.970. The van der Waals surface area contributed by atoms with E-state index >= 15 is 0 Å². The quantitative estimate of drug-likeness (QED) is 0.659. The van der Waals surface area contributed by atoms with Crippen molar-refractivity contribution < 1.29 is 13.6 Å². The van der Waals surface area contributed by atoms with Crippen LogP contribution in [0.3, 0.4) is 0 Å². The Bertz CT molecular complexity index is 246. The van der Waals surface area contributed by atoms with Gasteiger partial charge in [0.05, 0.1) is 0 Å². The highest BCUT2D eigenvalue weighted by Crippen LogP contribution is 2.15. The molecule has 15 heavy (non-hydrogen) atoms. The van der Waals surface area contributed by atoms with Crippen LogP contribution in [0.5, 0.6) is 0 Å². The monoisotopic (exact) mass is 218 g/mol. The Morgan fingerprint density at radius 2 is 2.27 bits per heavy atom. The minimum Gasteiger partial charge on any atom is -0.336 e. The van der Waals surface area contributed by atoms with Crippen molar-refractivity contribution in [3.63, 3.8) is 0 Å². The first kappa shape index (κ1) is 12.1. The van der Waals surface area contributed by atoms with Crippen LogP contribution in [0.2, 0.25) is 0 Å². The normalized spacial score (nSPS) is 23.2. The number of alkyl halides is 2. The first-order valence-corrected chi connectivity index (χ1v) is 4.94. The lowest BCUT2D eigenvalue weighted by molar-refractivity contribution is -0.129. The van der Waals surface area contributed by atoms with E-state index in [1.807, 2.05) is 11.9 Å². The Balaban J connectivity index is 2.55. The van der Waals surface area contributed by atoms with Gasteiger partial charge in [-0.3, -0.25) is 9.69 Å². The van der Waals surface area contributed by atoms with Crippen LogP contribution in [-0.2, 0) is 4.79 Å². The summed E-state index contributed by atoms with van der Waals surface area (Å²) in [5.41, 5.74) is 0. The Morgan fingerprint density at radius 1 is 1.60 bits per heavy atom. The van der Waals surface area contributed by atoms with Crippen LogP contribution in [0.25, 0.3) is 0 Å². The molecule has 0 aromatic heterocycles. The topological polar surface area (TPSA) is 23.6 Å². The third-order valence-corrected chi connectivity index (χ3v) is 2.71.